The van der Waals surface area contributed by atoms with Crippen molar-refractivity contribution in [2.24, 2.45) is 0 Å². The smallest absolute Gasteiger partial charge is 0.344 e. The Balaban J connectivity index is 1.85. The molecule has 1 aliphatic rings. The second kappa shape index (κ2) is 7.60. The van der Waals surface area contributed by atoms with E-state index in [0.717, 1.165) is 25.1 Å². The molecule has 0 spiro atoms. The number of nitrogens with zero attached hydrogens (tertiary/aromatic N) is 5. The highest BCUT2D eigenvalue weighted by atomic mass is 16.6. The Bertz CT molecular complexity index is 850. The molecule has 1 unspecified atom stereocenters. The molecule has 0 N–H and O–H groups in total. The topological polar surface area (TPSA) is 115 Å². The van der Waals surface area contributed by atoms with Gasteiger partial charge in [-0.25, -0.2) is 4.79 Å². The SMILES string of the molecule is COC(=O)c1cc(N2CCCC(c3nc(N(C)C)no3)C2)ccc1[N+](=O)[O-]. The van der Waals surface area contributed by atoms with E-state index in [1.807, 2.05) is 14.1 Å². The van der Waals surface area contributed by atoms with E-state index < -0.39 is 10.9 Å². The monoisotopic (exact) mass is 375 g/mol. The van der Waals surface area contributed by atoms with E-state index in [0.29, 0.717) is 18.4 Å². The molecule has 10 heteroatoms. The molecular weight excluding hydrogens is 354 g/mol. The van der Waals surface area contributed by atoms with Crippen molar-refractivity contribution in [1.29, 1.82) is 0 Å². The molecule has 1 fully saturated rings. The molecule has 1 aromatic carbocycles. The molecule has 1 saturated heterocycles. The summed E-state index contributed by atoms with van der Waals surface area (Å²) in [6, 6.07) is 4.49. The van der Waals surface area contributed by atoms with Crippen molar-refractivity contribution in [3.8, 4) is 0 Å². The van der Waals surface area contributed by atoms with E-state index in [-0.39, 0.29) is 17.2 Å². The first-order valence-electron chi connectivity index (χ1n) is 8.53. The summed E-state index contributed by atoms with van der Waals surface area (Å²) in [6.07, 6.45) is 1.80. The van der Waals surface area contributed by atoms with Gasteiger partial charge in [-0.2, -0.15) is 4.98 Å². The third-order valence-corrected chi connectivity index (χ3v) is 4.55. The molecule has 3 rings (SSSR count). The first-order chi connectivity index (χ1) is 12.9. The maximum atomic E-state index is 11.9. The minimum Gasteiger partial charge on any atom is -0.465 e. The molecule has 2 aromatic rings. The van der Waals surface area contributed by atoms with Crippen molar-refractivity contribution >= 4 is 23.3 Å². The van der Waals surface area contributed by atoms with Crippen LogP contribution in [0.3, 0.4) is 0 Å². The van der Waals surface area contributed by atoms with Gasteiger partial charge < -0.3 is 19.1 Å². The summed E-state index contributed by atoms with van der Waals surface area (Å²) in [5.74, 6) is 0.408. The Morgan fingerprint density at radius 1 is 1.44 bits per heavy atom. The molecule has 0 radical (unpaired) electrons. The normalized spacial score (nSPS) is 16.9. The fourth-order valence-electron chi connectivity index (χ4n) is 3.14. The number of nitro groups is 1. The van der Waals surface area contributed by atoms with Crippen LogP contribution in [0.1, 0.15) is 35.0 Å². The number of aromatic nitrogens is 2. The number of ether oxygens (including phenoxy) is 1. The van der Waals surface area contributed by atoms with Crippen molar-refractivity contribution in [3.05, 3.63) is 39.8 Å². The number of nitro benzene ring substituents is 1. The summed E-state index contributed by atoms with van der Waals surface area (Å²) in [4.78, 5) is 30.8. The van der Waals surface area contributed by atoms with E-state index in [1.165, 1.54) is 19.2 Å². The fourth-order valence-corrected chi connectivity index (χ4v) is 3.14. The number of hydrogen-bond donors (Lipinski definition) is 0. The first-order valence-corrected chi connectivity index (χ1v) is 8.53. The maximum Gasteiger partial charge on any atom is 0.344 e. The Morgan fingerprint density at radius 2 is 2.22 bits per heavy atom. The molecule has 1 aromatic heterocycles. The summed E-state index contributed by atoms with van der Waals surface area (Å²) >= 11 is 0. The van der Waals surface area contributed by atoms with Crippen molar-refractivity contribution in [3.63, 3.8) is 0 Å². The van der Waals surface area contributed by atoms with Crippen LogP contribution in [0.15, 0.2) is 22.7 Å². The van der Waals surface area contributed by atoms with Crippen LogP contribution in [0.4, 0.5) is 17.3 Å². The van der Waals surface area contributed by atoms with Crippen LogP contribution in [0.2, 0.25) is 0 Å². The van der Waals surface area contributed by atoms with Crippen molar-refractivity contribution in [2.75, 3.05) is 44.1 Å². The van der Waals surface area contributed by atoms with Gasteiger partial charge in [0.2, 0.25) is 5.89 Å². The second-order valence-corrected chi connectivity index (χ2v) is 6.56. The summed E-state index contributed by atoms with van der Waals surface area (Å²) in [5, 5.41) is 15.1. The van der Waals surface area contributed by atoms with E-state index in [2.05, 4.69) is 19.8 Å². The number of esters is 1. The Kier molecular flexibility index (Phi) is 5.24. The van der Waals surface area contributed by atoms with Gasteiger partial charge in [-0.3, -0.25) is 10.1 Å². The van der Waals surface area contributed by atoms with Gasteiger partial charge >= 0.3 is 5.97 Å². The number of hydrogen-bond acceptors (Lipinski definition) is 9. The molecule has 0 saturated carbocycles. The third-order valence-electron chi connectivity index (χ3n) is 4.55. The Labute approximate surface area is 155 Å². The van der Waals surface area contributed by atoms with Crippen LogP contribution in [-0.2, 0) is 4.74 Å². The minimum atomic E-state index is -0.732. The molecule has 27 heavy (non-hydrogen) atoms. The number of rotatable bonds is 5. The van der Waals surface area contributed by atoms with E-state index >= 15 is 0 Å². The standard InChI is InChI=1S/C17H21N5O5/c1-20(2)17-18-15(27-19-17)11-5-4-8-21(10-11)12-6-7-14(22(24)25)13(9-12)16(23)26-3/h6-7,9,11H,4-5,8,10H2,1-3H3. The lowest BCUT2D eigenvalue weighted by Crippen LogP contribution is -2.34. The zero-order valence-corrected chi connectivity index (χ0v) is 15.4. The molecule has 144 valence electrons. The molecule has 0 bridgehead atoms. The maximum absolute atomic E-state index is 11.9. The highest BCUT2D eigenvalue weighted by molar-refractivity contribution is 5.95. The summed E-state index contributed by atoms with van der Waals surface area (Å²) in [5.41, 5.74) is 0.388. The molecule has 1 atom stereocenters. The predicted molar refractivity (Wildman–Crippen MR) is 97.2 cm³/mol. The summed E-state index contributed by atoms with van der Waals surface area (Å²) < 4.78 is 10.1. The molecule has 0 amide bonds. The van der Waals surface area contributed by atoms with Crippen LogP contribution in [0, 0.1) is 10.1 Å². The van der Waals surface area contributed by atoms with Crippen LogP contribution in [0.5, 0.6) is 0 Å². The lowest BCUT2D eigenvalue weighted by atomic mass is 9.97. The van der Waals surface area contributed by atoms with Gasteiger partial charge in [-0.1, -0.05) is 0 Å². The number of carbonyl (C=O) groups is 1. The zero-order chi connectivity index (χ0) is 19.6. The zero-order valence-electron chi connectivity index (χ0n) is 15.4. The Hall–Kier alpha value is -3.17. The minimum absolute atomic E-state index is 0.0525. The van der Waals surface area contributed by atoms with Gasteiger partial charge in [-0.15, -0.1) is 0 Å². The van der Waals surface area contributed by atoms with Crippen LogP contribution in [-0.4, -0.2) is 55.3 Å². The van der Waals surface area contributed by atoms with Crippen molar-refractivity contribution in [1.82, 2.24) is 10.1 Å². The lowest BCUT2D eigenvalue weighted by Gasteiger charge is -2.33. The number of carbonyl (C=O) groups excluding carboxylic acids is 1. The number of anilines is 2. The average molecular weight is 375 g/mol. The molecular formula is C17H21N5O5. The van der Waals surface area contributed by atoms with E-state index in [1.54, 1.807) is 11.0 Å². The first kappa shape index (κ1) is 18.6. The average Bonchev–Trinajstić information content (AvgIpc) is 3.17. The predicted octanol–water partition coefficient (Wildman–Crippen LogP) is 2.21. The number of benzene rings is 1. The van der Waals surface area contributed by atoms with Crippen LogP contribution in [0.25, 0.3) is 0 Å². The highest BCUT2D eigenvalue weighted by Gasteiger charge is 2.28. The second-order valence-electron chi connectivity index (χ2n) is 6.56. The van der Waals surface area contributed by atoms with E-state index in [9.17, 15) is 14.9 Å². The largest absolute Gasteiger partial charge is 0.465 e. The Morgan fingerprint density at radius 3 is 2.85 bits per heavy atom. The molecule has 10 nitrogen and oxygen atoms in total. The van der Waals surface area contributed by atoms with E-state index in [4.69, 9.17) is 4.52 Å². The van der Waals surface area contributed by atoms with Crippen LogP contribution >= 0.6 is 0 Å². The fraction of sp³-hybridized carbons (Fsp3) is 0.471. The lowest BCUT2D eigenvalue weighted by molar-refractivity contribution is -0.385. The number of piperidine rings is 1. The van der Waals surface area contributed by atoms with Crippen LogP contribution < -0.4 is 9.80 Å². The van der Waals surface area contributed by atoms with Gasteiger partial charge in [0.05, 0.1) is 18.0 Å². The van der Waals surface area contributed by atoms with Gasteiger partial charge in [0, 0.05) is 38.9 Å². The molecule has 1 aliphatic heterocycles. The summed E-state index contributed by atoms with van der Waals surface area (Å²) in [6.45, 7) is 1.39. The van der Waals surface area contributed by atoms with Crippen molar-refractivity contribution in [2.45, 2.75) is 18.8 Å². The third kappa shape index (κ3) is 3.83. The van der Waals surface area contributed by atoms with Gasteiger partial charge in [0.15, 0.2) is 0 Å². The molecule has 2 heterocycles. The summed E-state index contributed by atoms with van der Waals surface area (Å²) in [7, 11) is 4.88. The van der Waals surface area contributed by atoms with Gasteiger partial charge in [0.1, 0.15) is 5.56 Å². The van der Waals surface area contributed by atoms with Crippen molar-refractivity contribution < 1.29 is 19.0 Å². The van der Waals surface area contributed by atoms with Gasteiger partial charge in [-0.05, 0) is 30.1 Å². The molecule has 0 aliphatic carbocycles. The highest BCUT2D eigenvalue weighted by Crippen LogP contribution is 2.32. The number of methoxy groups -OCH3 is 1. The van der Waals surface area contributed by atoms with Gasteiger partial charge in [0.25, 0.3) is 11.6 Å². The quantitative estimate of drug-likeness (QED) is 0.440.